The number of ether oxygens (including phenoxy) is 2. The molecular formula is C23H16BrN3O4S. The molecule has 7 nitrogen and oxygen atoms in total. The highest BCUT2D eigenvalue weighted by molar-refractivity contribution is 9.10. The third-order valence-electron chi connectivity index (χ3n) is 4.61. The van der Waals surface area contributed by atoms with Crippen LogP contribution in [0.3, 0.4) is 0 Å². The van der Waals surface area contributed by atoms with Crippen LogP contribution < -0.4 is 20.4 Å². The lowest BCUT2D eigenvalue weighted by molar-refractivity contribution is 0.395. The van der Waals surface area contributed by atoms with Crippen molar-refractivity contribution in [3.05, 3.63) is 73.9 Å². The first-order valence-corrected chi connectivity index (χ1v) is 11.0. The highest BCUT2D eigenvalue weighted by Crippen LogP contribution is 2.31. The van der Waals surface area contributed by atoms with Gasteiger partial charge in [0.25, 0.3) is 0 Å². The number of benzene rings is 2. The number of methoxy groups -OCH3 is 2. The minimum absolute atomic E-state index is 0.312. The first kappa shape index (κ1) is 21.6. The zero-order chi connectivity index (χ0) is 22.7. The van der Waals surface area contributed by atoms with Gasteiger partial charge in [-0.15, -0.1) is 11.3 Å². The van der Waals surface area contributed by atoms with Crippen molar-refractivity contribution in [1.82, 2.24) is 4.98 Å². The van der Waals surface area contributed by atoms with Crippen LogP contribution >= 0.6 is 27.3 Å². The van der Waals surface area contributed by atoms with Crippen molar-refractivity contribution in [3.8, 4) is 28.8 Å². The summed E-state index contributed by atoms with van der Waals surface area (Å²) in [6.07, 6.45) is 1.55. The lowest BCUT2D eigenvalue weighted by Gasteiger charge is -2.10. The number of aromatic nitrogens is 1. The Kier molecular flexibility index (Phi) is 6.25. The van der Waals surface area contributed by atoms with Crippen LogP contribution in [0.5, 0.6) is 11.5 Å². The SMILES string of the molecule is COc1ccc(N/C=C(\C#N)c2nc(-c3cc4cc(Br)ccc4oc3=O)cs2)c(OC)c1. The molecule has 4 rings (SSSR count). The molecule has 0 radical (unpaired) electrons. The summed E-state index contributed by atoms with van der Waals surface area (Å²) in [4.78, 5) is 17.0. The van der Waals surface area contributed by atoms with Crippen molar-refractivity contribution in [2.24, 2.45) is 0 Å². The van der Waals surface area contributed by atoms with E-state index < -0.39 is 5.63 Å². The van der Waals surface area contributed by atoms with E-state index >= 15 is 0 Å². The van der Waals surface area contributed by atoms with E-state index in [4.69, 9.17) is 13.9 Å². The largest absolute Gasteiger partial charge is 0.497 e. The van der Waals surface area contributed by atoms with Gasteiger partial charge in [-0.3, -0.25) is 0 Å². The monoisotopic (exact) mass is 509 g/mol. The van der Waals surface area contributed by atoms with E-state index in [-0.39, 0.29) is 0 Å². The Bertz CT molecular complexity index is 1440. The molecule has 0 saturated heterocycles. The number of nitrogens with zero attached hydrogens (tertiary/aromatic N) is 2. The fourth-order valence-electron chi connectivity index (χ4n) is 3.00. The molecule has 0 saturated carbocycles. The van der Waals surface area contributed by atoms with Gasteiger partial charge in [0.2, 0.25) is 0 Å². The van der Waals surface area contributed by atoms with Crippen LogP contribution in [0.15, 0.2) is 67.7 Å². The molecule has 0 aliphatic carbocycles. The number of fused-ring (bicyclic) bond motifs is 1. The smallest absolute Gasteiger partial charge is 0.345 e. The lowest BCUT2D eigenvalue weighted by atomic mass is 10.1. The van der Waals surface area contributed by atoms with E-state index in [1.54, 1.807) is 62.2 Å². The lowest BCUT2D eigenvalue weighted by Crippen LogP contribution is -2.03. The zero-order valence-corrected chi connectivity index (χ0v) is 19.4. The molecule has 9 heteroatoms. The molecule has 2 heterocycles. The number of hydrogen-bond acceptors (Lipinski definition) is 8. The Morgan fingerprint density at radius 3 is 2.81 bits per heavy atom. The molecule has 0 aliphatic heterocycles. The van der Waals surface area contributed by atoms with Gasteiger partial charge in [-0.2, -0.15) is 5.26 Å². The summed E-state index contributed by atoms with van der Waals surface area (Å²) in [6.45, 7) is 0. The number of anilines is 1. The number of hydrogen-bond donors (Lipinski definition) is 1. The normalized spacial score (nSPS) is 11.2. The van der Waals surface area contributed by atoms with Gasteiger partial charge < -0.3 is 19.2 Å². The summed E-state index contributed by atoms with van der Waals surface area (Å²) in [5.41, 5.74) is 1.77. The molecule has 0 fully saturated rings. The molecule has 0 unspecified atom stereocenters. The van der Waals surface area contributed by atoms with Gasteiger partial charge in [-0.05, 0) is 36.4 Å². The van der Waals surface area contributed by atoms with Gasteiger partial charge in [0.15, 0.2) is 0 Å². The minimum atomic E-state index is -0.486. The summed E-state index contributed by atoms with van der Waals surface area (Å²) < 4.78 is 16.9. The van der Waals surface area contributed by atoms with Crippen LogP contribution in [-0.4, -0.2) is 19.2 Å². The third-order valence-corrected chi connectivity index (χ3v) is 5.97. The molecule has 1 N–H and O–H groups in total. The van der Waals surface area contributed by atoms with Gasteiger partial charge in [0, 0.05) is 27.5 Å². The van der Waals surface area contributed by atoms with Crippen LogP contribution in [0.25, 0.3) is 27.8 Å². The standard InChI is InChI=1S/C23H16BrN3O4S/c1-29-16-4-5-18(21(9-16)30-2)26-11-14(10-25)22-27-19(12-32-22)17-8-13-7-15(24)3-6-20(13)31-23(17)28/h3-9,11-12,26H,1-2H3/b14-11+. The summed E-state index contributed by atoms with van der Waals surface area (Å²) in [5.74, 6) is 1.22. The Labute approximate surface area is 195 Å². The Balaban J connectivity index is 1.65. The van der Waals surface area contributed by atoms with Crippen LogP contribution in [0.2, 0.25) is 0 Å². The molecule has 2 aromatic carbocycles. The van der Waals surface area contributed by atoms with E-state index in [9.17, 15) is 10.1 Å². The van der Waals surface area contributed by atoms with Gasteiger partial charge >= 0.3 is 5.63 Å². The van der Waals surface area contributed by atoms with Crippen molar-refractivity contribution in [3.63, 3.8) is 0 Å². The van der Waals surface area contributed by atoms with Crippen LogP contribution in [0.4, 0.5) is 5.69 Å². The zero-order valence-electron chi connectivity index (χ0n) is 17.0. The predicted molar refractivity (Wildman–Crippen MR) is 128 cm³/mol. The average molecular weight is 510 g/mol. The molecular weight excluding hydrogens is 494 g/mol. The molecule has 0 spiro atoms. The van der Waals surface area contributed by atoms with Crippen LogP contribution in [-0.2, 0) is 0 Å². The number of halogens is 1. The highest BCUT2D eigenvalue weighted by atomic mass is 79.9. The van der Waals surface area contributed by atoms with E-state index in [2.05, 4.69) is 32.3 Å². The number of nitrogens with one attached hydrogen (secondary N) is 1. The van der Waals surface area contributed by atoms with E-state index in [1.807, 2.05) is 6.07 Å². The van der Waals surface area contributed by atoms with Crippen molar-refractivity contribution in [2.75, 3.05) is 19.5 Å². The molecule has 4 aromatic rings. The first-order valence-electron chi connectivity index (χ1n) is 9.31. The summed E-state index contributed by atoms with van der Waals surface area (Å²) >= 11 is 4.68. The molecule has 2 aromatic heterocycles. The minimum Gasteiger partial charge on any atom is -0.497 e. The first-order chi connectivity index (χ1) is 15.5. The molecule has 0 bridgehead atoms. The van der Waals surface area contributed by atoms with Gasteiger partial charge in [0.1, 0.15) is 33.7 Å². The maximum absolute atomic E-state index is 12.5. The summed E-state index contributed by atoms with van der Waals surface area (Å²) in [7, 11) is 3.13. The second-order valence-corrected chi connectivity index (χ2v) is 8.32. The van der Waals surface area contributed by atoms with Gasteiger partial charge in [-0.25, -0.2) is 9.78 Å². The molecule has 160 valence electrons. The Hall–Kier alpha value is -3.61. The maximum atomic E-state index is 12.5. The fraction of sp³-hybridized carbons (Fsp3) is 0.0870. The van der Waals surface area contributed by atoms with E-state index in [1.165, 1.54) is 11.3 Å². The summed E-state index contributed by atoms with van der Waals surface area (Å²) in [6, 6.07) is 14.6. The van der Waals surface area contributed by atoms with Crippen molar-refractivity contribution in [2.45, 2.75) is 0 Å². The third kappa shape index (κ3) is 4.37. The Morgan fingerprint density at radius 2 is 2.06 bits per heavy atom. The number of thiazole rings is 1. The topological polar surface area (TPSA) is 97.4 Å². The second-order valence-electron chi connectivity index (χ2n) is 6.55. The molecule has 0 aliphatic rings. The van der Waals surface area contributed by atoms with Crippen molar-refractivity contribution < 1.29 is 13.9 Å². The van der Waals surface area contributed by atoms with Gasteiger partial charge in [-0.1, -0.05) is 15.9 Å². The van der Waals surface area contributed by atoms with Crippen molar-refractivity contribution >= 4 is 49.5 Å². The van der Waals surface area contributed by atoms with E-state index in [0.29, 0.717) is 44.6 Å². The number of rotatable bonds is 6. The average Bonchev–Trinajstić information content (AvgIpc) is 3.29. The fourth-order valence-corrected chi connectivity index (χ4v) is 4.17. The van der Waals surface area contributed by atoms with E-state index in [0.717, 1.165) is 9.86 Å². The second kappa shape index (κ2) is 9.26. The molecule has 0 atom stereocenters. The maximum Gasteiger partial charge on any atom is 0.345 e. The van der Waals surface area contributed by atoms with Gasteiger partial charge in [0.05, 0.1) is 31.2 Å². The number of allylic oxidation sites excluding steroid dienone is 1. The molecule has 0 amide bonds. The highest BCUT2D eigenvalue weighted by Gasteiger charge is 2.14. The Morgan fingerprint density at radius 1 is 1.22 bits per heavy atom. The van der Waals surface area contributed by atoms with Crippen LogP contribution in [0, 0.1) is 11.3 Å². The predicted octanol–water partition coefficient (Wildman–Crippen LogP) is 5.67. The number of nitriles is 1. The van der Waals surface area contributed by atoms with Crippen LogP contribution in [0.1, 0.15) is 5.01 Å². The quantitative estimate of drug-likeness (QED) is 0.264. The molecule has 32 heavy (non-hydrogen) atoms. The van der Waals surface area contributed by atoms with Crippen molar-refractivity contribution in [1.29, 1.82) is 5.26 Å². The summed E-state index contributed by atoms with van der Waals surface area (Å²) in [5, 5.41) is 15.7.